The van der Waals surface area contributed by atoms with Crippen LogP contribution in [-0.2, 0) is 9.53 Å². The van der Waals surface area contributed by atoms with E-state index in [1.54, 1.807) is 0 Å². The van der Waals surface area contributed by atoms with Crippen LogP contribution in [0.4, 0.5) is 0 Å². The average molecular weight is 226 g/mol. The molecule has 0 saturated carbocycles. The van der Waals surface area contributed by atoms with Gasteiger partial charge in [-0.15, -0.1) is 0 Å². The number of carbonyl (C=O) groups excluding carboxylic acids is 1. The van der Waals surface area contributed by atoms with Gasteiger partial charge in [0, 0.05) is 19.0 Å². The highest BCUT2D eigenvalue weighted by Crippen LogP contribution is 2.12. The Labute approximate surface area is 97.4 Å². The van der Waals surface area contributed by atoms with Crippen molar-refractivity contribution in [3.8, 4) is 0 Å². The van der Waals surface area contributed by atoms with Gasteiger partial charge in [0.2, 0.25) is 5.91 Å². The molecule has 0 bridgehead atoms. The number of amides is 1. The molecule has 1 heterocycles. The Kier molecular flexibility index (Phi) is 4.21. The van der Waals surface area contributed by atoms with Crippen molar-refractivity contribution in [3.63, 3.8) is 0 Å². The fraction of sp³-hybridized carbons (Fsp3) is 0.750. The summed E-state index contributed by atoms with van der Waals surface area (Å²) in [5.41, 5.74) is -0.217. The minimum atomic E-state index is -0.217. The quantitative estimate of drug-likeness (QED) is 0.699. The summed E-state index contributed by atoms with van der Waals surface area (Å²) < 4.78 is 5.53. The van der Waals surface area contributed by atoms with Crippen LogP contribution in [0.1, 0.15) is 40.0 Å². The summed E-state index contributed by atoms with van der Waals surface area (Å²) in [4.78, 5) is 11.0. The third kappa shape index (κ3) is 5.05. The van der Waals surface area contributed by atoms with Crippen molar-refractivity contribution in [2.75, 3.05) is 6.54 Å². The Bertz CT molecular complexity index is 269. The lowest BCUT2D eigenvalue weighted by Crippen LogP contribution is -2.31. The van der Waals surface area contributed by atoms with E-state index in [-0.39, 0.29) is 11.5 Å². The summed E-state index contributed by atoms with van der Waals surface area (Å²) >= 11 is 0. The second kappa shape index (κ2) is 5.23. The number of carbonyl (C=O) groups is 1. The first-order valence-electron chi connectivity index (χ1n) is 5.78. The van der Waals surface area contributed by atoms with Crippen LogP contribution < -0.4 is 10.6 Å². The zero-order valence-electron chi connectivity index (χ0n) is 10.4. The highest BCUT2D eigenvalue weighted by atomic mass is 16.5. The summed E-state index contributed by atoms with van der Waals surface area (Å²) in [6.07, 6.45) is 2.51. The molecule has 1 amide bonds. The smallest absolute Gasteiger partial charge is 0.220 e. The van der Waals surface area contributed by atoms with Gasteiger partial charge < -0.3 is 15.4 Å². The summed E-state index contributed by atoms with van der Waals surface area (Å²) in [6.45, 7) is 10.5. The summed E-state index contributed by atoms with van der Waals surface area (Å²) in [5.74, 6) is 0.756. The van der Waals surface area contributed by atoms with Gasteiger partial charge in [0.1, 0.15) is 5.60 Å². The van der Waals surface area contributed by atoms with Gasteiger partial charge in [0.25, 0.3) is 0 Å². The molecule has 0 aliphatic carbocycles. The lowest BCUT2D eigenvalue weighted by molar-refractivity contribution is -0.119. The van der Waals surface area contributed by atoms with Crippen LogP contribution >= 0.6 is 0 Å². The fourth-order valence-corrected chi connectivity index (χ4v) is 1.69. The molecule has 2 N–H and O–H groups in total. The van der Waals surface area contributed by atoms with Crippen LogP contribution in [0.5, 0.6) is 0 Å². The maximum atomic E-state index is 11.0. The molecular formula is C12H22N2O2. The van der Waals surface area contributed by atoms with E-state index in [1.807, 2.05) is 20.8 Å². The van der Waals surface area contributed by atoms with Crippen LogP contribution in [0.15, 0.2) is 12.5 Å². The van der Waals surface area contributed by atoms with Gasteiger partial charge >= 0.3 is 0 Å². The van der Waals surface area contributed by atoms with Crippen LogP contribution in [-0.4, -0.2) is 24.1 Å². The minimum absolute atomic E-state index is 0.162. The van der Waals surface area contributed by atoms with E-state index in [1.165, 1.54) is 0 Å². The third-order valence-corrected chi connectivity index (χ3v) is 2.33. The normalized spacial score (nSPS) is 20.4. The van der Waals surface area contributed by atoms with Crippen LogP contribution in [0.3, 0.4) is 0 Å². The molecule has 16 heavy (non-hydrogen) atoms. The molecule has 4 nitrogen and oxygen atoms in total. The van der Waals surface area contributed by atoms with Gasteiger partial charge in [-0.2, -0.15) is 0 Å². The maximum Gasteiger partial charge on any atom is 0.220 e. The first kappa shape index (κ1) is 12.9. The Balaban J connectivity index is 2.11. The molecule has 1 fully saturated rings. The van der Waals surface area contributed by atoms with E-state index in [9.17, 15) is 4.79 Å². The molecular weight excluding hydrogens is 204 g/mol. The summed E-state index contributed by atoms with van der Waals surface area (Å²) in [5, 5.41) is 6.04. The Morgan fingerprint density at radius 1 is 1.62 bits per heavy atom. The summed E-state index contributed by atoms with van der Waals surface area (Å²) in [7, 11) is 0. The minimum Gasteiger partial charge on any atom is -0.474 e. The average Bonchev–Trinajstić information content (AvgIpc) is 2.48. The van der Waals surface area contributed by atoms with Gasteiger partial charge in [-0.1, -0.05) is 0 Å². The predicted molar refractivity (Wildman–Crippen MR) is 63.8 cm³/mol. The summed E-state index contributed by atoms with van der Waals surface area (Å²) in [6, 6.07) is 0.308. The van der Waals surface area contributed by atoms with Crippen molar-refractivity contribution in [2.24, 2.45) is 0 Å². The molecule has 1 rings (SSSR count). The maximum absolute atomic E-state index is 11.0. The molecule has 0 aromatic heterocycles. The number of ether oxygens (including phenoxy) is 1. The Hall–Kier alpha value is -1.19. The first-order chi connectivity index (χ1) is 7.37. The third-order valence-electron chi connectivity index (χ3n) is 2.33. The molecule has 4 heteroatoms. The van der Waals surface area contributed by atoms with Gasteiger partial charge in [-0.05, 0) is 40.2 Å². The lowest BCUT2D eigenvalue weighted by Gasteiger charge is -2.23. The van der Waals surface area contributed by atoms with E-state index in [4.69, 9.17) is 4.74 Å². The molecule has 92 valence electrons. The van der Waals surface area contributed by atoms with E-state index >= 15 is 0 Å². The SMILES string of the molecule is C=C(NCC[C@@H]1CCC(=O)N1)OC(C)(C)C. The molecule has 0 radical (unpaired) electrons. The van der Waals surface area contributed by atoms with Crippen LogP contribution in [0.2, 0.25) is 0 Å². The standard InChI is InChI=1S/C12H22N2O2/c1-9(16-12(2,3)4)13-8-7-10-5-6-11(15)14-10/h10,13H,1,5-8H2,2-4H3,(H,14,15)/t10-/m0/s1. The van der Waals surface area contributed by atoms with E-state index < -0.39 is 0 Å². The van der Waals surface area contributed by atoms with Crippen molar-refractivity contribution in [1.82, 2.24) is 10.6 Å². The zero-order valence-corrected chi connectivity index (χ0v) is 10.4. The van der Waals surface area contributed by atoms with Crippen LogP contribution in [0.25, 0.3) is 0 Å². The van der Waals surface area contributed by atoms with E-state index in [2.05, 4.69) is 17.2 Å². The van der Waals surface area contributed by atoms with E-state index in [0.29, 0.717) is 18.3 Å². The van der Waals surface area contributed by atoms with Gasteiger partial charge in [0.15, 0.2) is 5.88 Å². The molecule has 0 unspecified atom stereocenters. The highest BCUT2D eigenvalue weighted by molar-refractivity contribution is 5.78. The Morgan fingerprint density at radius 2 is 2.31 bits per heavy atom. The Morgan fingerprint density at radius 3 is 2.81 bits per heavy atom. The number of hydrogen-bond acceptors (Lipinski definition) is 3. The number of rotatable bonds is 5. The van der Waals surface area contributed by atoms with Crippen LogP contribution in [0, 0.1) is 0 Å². The molecule has 1 aliphatic rings. The second-order valence-electron chi connectivity index (χ2n) is 5.16. The number of hydrogen-bond donors (Lipinski definition) is 2. The van der Waals surface area contributed by atoms with Gasteiger partial charge in [-0.25, -0.2) is 0 Å². The predicted octanol–water partition coefficient (Wildman–Crippen LogP) is 1.53. The molecule has 0 spiro atoms. The number of nitrogens with one attached hydrogen (secondary N) is 2. The molecule has 0 aromatic rings. The van der Waals surface area contributed by atoms with Crippen molar-refractivity contribution >= 4 is 5.91 Å². The van der Waals surface area contributed by atoms with Crippen molar-refractivity contribution in [3.05, 3.63) is 12.5 Å². The zero-order chi connectivity index (χ0) is 12.2. The van der Waals surface area contributed by atoms with Crippen molar-refractivity contribution in [2.45, 2.75) is 51.7 Å². The fourth-order valence-electron chi connectivity index (χ4n) is 1.69. The topological polar surface area (TPSA) is 50.4 Å². The molecule has 1 atom stereocenters. The monoisotopic (exact) mass is 226 g/mol. The van der Waals surface area contributed by atoms with Gasteiger partial charge in [-0.3, -0.25) is 4.79 Å². The van der Waals surface area contributed by atoms with Gasteiger partial charge in [0.05, 0.1) is 0 Å². The van der Waals surface area contributed by atoms with Crippen molar-refractivity contribution in [1.29, 1.82) is 0 Å². The molecule has 0 aromatic carbocycles. The highest BCUT2D eigenvalue weighted by Gasteiger charge is 2.20. The second-order valence-corrected chi connectivity index (χ2v) is 5.16. The largest absolute Gasteiger partial charge is 0.474 e. The lowest BCUT2D eigenvalue weighted by atomic mass is 10.1. The first-order valence-corrected chi connectivity index (χ1v) is 5.78. The molecule has 1 aliphatic heterocycles. The van der Waals surface area contributed by atoms with E-state index in [0.717, 1.165) is 19.4 Å². The van der Waals surface area contributed by atoms with Crippen molar-refractivity contribution < 1.29 is 9.53 Å². The molecule has 1 saturated heterocycles.